The molecule has 0 aliphatic rings. The van der Waals surface area contributed by atoms with E-state index in [4.69, 9.17) is 20.4 Å². The third kappa shape index (κ3) is 4.27. The Labute approximate surface area is 81.6 Å². The number of carboxylic acids is 2. The van der Waals surface area contributed by atoms with Crippen molar-refractivity contribution in [3.8, 4) is 0 Å². The van der Waals surface area contributed by atoms with Gasteiger partial charge in [-0.05, 0) is 0 Å². The first-order chi connectivity index (χ1) is 4.46. The van der Waals surface area contributed by atoms with Crippen molar-refractivity contribution in [1.82, 2.24) is 0 Å². The van der Waals surface area contributed by atoms with Crippen molar-refractivity contribution in [1.29, 1.82) is 0 Å². The van der Waals surface area contributed by atoms with Crippen LogP contribution >= 0.6 is 0 Å². The summed E-state index contributed by atoms with van der Waals surface area (Å²) in [7, 11) is 0. The normalized spacial score (nSPS) is 14.4. The number of rotatable bonds is 3. The molecule has 0 aromatic rings. The van der Waals surface area contributed by atoms with Crippen LogP contribution in [0.4, 0.5) is 0 Å². The molecule has 0 bridgehead atoms. The van der Waals surface area contributed by atoms with Gasteiger partial charge in [0.2, 0.25) is 0 Å². The zero-order valence-corrected chi connectivity index (χ0v) is 9.15. The zero-order valence-electron chi connectivity index (χ0n) is 5.26. The molecule has 2 atom stereocenters. The van der Waals surface area contributed by atoms with E-state index in [1.165, 1.54) is 0 Å². The SMILES string of the molecule is O=C(O)C(O)C(O)C(=O)O.[Pb]. The topological polar surface area (TPSA) is 115 Å². The van der Waals surface area contributed by atoms with Crippen molar-refractivity contribution in [3.63, 3.8) is 0 Å². The Hall–Kier alpha value is -0.218. The van der Waals surface area contributed by atoms with Crippen molar-refractivity contribution in [2.24, 2.45) is 0 Å². The summed E-state index contributed by atoms with van der Waals surface area (Å²) >= 11 is 0. The predicted octanol–water partition coefficient (Wildman–Crippen LogP) is -2.50. The molecule has 7 heteroatoms. The van der Waals surface area contributed by atoms with Gasteiger partial charge >= 0.3 is 11.9 Å². The van der Waals surface area contributed by atoms with Crippen molar-refractivity contribution < 1.29 is 30.0 Å². The molecule has 4 radical (unpaired) electrons. The van der Waals surface area contributed by atoms with Crippen molar-refractivity contribution in [2.75, 3.05) is 0 Å². The van der Waals surface area contributed by atoms with E-state index in [1.807, 2.05) is 0 Å². The summed E-state index contributed by atoms with van der Waals surface area (Å²) in [6.07, 6.45) is -4.53. The van der Waals surface area contributed by atoms with Crippen LogP contribution in [0.2, 0.25) is 0 Å². The van der Waals surface area contributed by atoms with Crippen LogP contribution < -0.4 is 0 Å². The van der Waals surface area contributed by atoms with Gasteiger partial charge in [0, 0.05) is 27.3 Å². The largest absolute Gasteiger partial charge is 0.479 e. The molecule has 11 heavy (non-hydrogen) atoms. The average Bonchev–Trinajstić information content (AvgIpc) is 1.84. The first-order valence-corrected chi connectivity index (χ1v) is 2.28. The van der Waals surface area contributed by atoms with Crippen molar-refractivity contribution in [3.05, 3.63) is 0 Å². The Kier molecular flexibility index (Phi) is 6.61. The maximum atomic E-state index is 9.77. The van der Waals surface area contributed by atoms with Gasteiger partial charge in [0.25, 0.3) is 0 Å². The van der Waals surface area contributed by atoms with E-state index in [1.54, 1.807) is 0 Å². The second-order valence-electron chi connectivity index (χ2n) is 1.57. The van der Waals surface area contributed by atoms with E-state index in [2.05, 4.69) is 0 Å². The van der Waals surface area contributed by atoms with Crippen LogP contribution in [0.1, 0.15) is 0 Å². The molecule has 2 unspecified atom stereocenters. The first-order valence-electron chi connectivity index (χ1n) is 2.28. The summed E-state index contributed by atoms with van der Waals surface area (Å²) in [5, 5.41) is 32.5. The molecule has 0 saturated heterocycles. The molecule has 0 amide bonds. The number of hydrogen-bond donors (Lipinski definition) is 4. The van der Waals surface area contributed by atoms with Gasteiger partial charge in [-0.3, -0.25) is 0 Å². The van der Waals surface area contributed by atoms with Crippen LogP contribution in [-0.2, 0) is 9.59 Å². The molecule has 0 fully saturated rings. The van der Waals surface area contributed by atoms with E-state index in [-0.39, 0.29) is 27.3 Å². The van der Waals surface area contributed by atoms with E-state index in [0.717, 1.165) is 0 Å². The van der Waals surface area contributed by atoms with Crippen molar-refractivity contribution >= 4 is 39.2 Å². The minimum atomic E-state index is -2.27. The molecular formula is C4H6O6Pb. The Bertz CT molecular complexity index is 139. The van der Waals surface area contributed by atoms with Gasteiger partial charge in [-0.1, -0.05) is 0 Å². The standard InChI is InChI=1S/C4H6O6.Pb/c5-1(3(7)8)2(6)4(9)10;/h1-2,5-6H,(H,7,8)(H,9,10);. The van der Waals surface area contributed by atoms with Gasteiger partial charge in [0.1, 0.15) is 0 Å². The number of aliphatic hydroxyl groups is 2. The first kappa shape index (κ1) is 13.4. The van der Waals surface area contributed by atoms with Gasteiger partial charge in [-0.15, -0.1) is 0 Å². The van der Waals surface area contributed by atoms with Gasteiger partial charge in [0.05, 0.1) is 0 Å². The number of hydrogen-bond acceptors (Lipinski definition) is 4. The Morgan fingerprint density at radius 1 is 0.909 bits per heavy atom. The summed E-state index contributed by atoms with van der Waals surface area (Å²) in [4.78, 5) is 19.5. The fraction of sp³-hybridized carbons (Fsp3) is 0.500. The van der Waals surface area contributed by atoms with Gasteiger partial charge < -0.3 is 20.4 Å². The van der Waals surface area contributed by atoms with E-state index in [0.29, 0.717) is 0 Å². The Morgan fingerprint density at radius 3 is 1.18 bits per heavy atom. The number of carboxylic acid groups (broad SMARTS) is 2. The van der Waals surface area contributed by atoms with Crippen molar-refractivity contribution in [2.45, 2.75) is 12.2 Å². The maximum absolute atomic E-state index is 9.77. The quantitative estimate of drug-likeness (QED) is 0.415. The molecule has 6 nitrogen and oxygen atoms in total. The van der Waals surface area contributed by atoms with Gasteiger partial charge in [0.15, 0.2) is 12.2 Å². The number of carbonyl (C=O) groups is 2. The fourth-order valence-corrected chi connectivity index (χ4v) is 0.270. The third-order valence-electron chi connectivity index (χ3n) is 0.805. The third-order valence-corrected chi connectivity index (χ3v) is 0.805. The summed E-state index contributed by atoms with van der Waals surface area (Å²) in [6.45, 7) is 0. The number of aliphatic carboxylic acids is 2. The molecule has 0 aliphatic carbocycles. The number of aliphatic hydroxyl groups excluding tert-OH is 2. The maximum Gasteiger partial charge on any atom is 0.335 e. The minimum absolute atomic E-state index is 0. The minimum Gasteiger partial charge on any atom is -0.479 e. The Morgan fingerprint density at radius 2 is 1.09 bits per heavy atom. The fourth-order valence-electron chi connectivity index (χ4n) is 0.270. The molecule has 0 aromatic heterocycles. The van der Waals surface area contributed by atoms with Crippen LogP contribution in [0.15, 0.2) is 0 Å². The molecule has 0 aromatic carbocycles. The van der Waals surface area contributed by atoms with E-state index in [9.17, 15) is 9.59 Å². The molecular weight excluding hydrogens is 351 g/mol. The van der Waals surface area contributed by atoms with Crippen LogP contribution in [0.25, 0.3) is 0 Å². The van der Waals surface area contributed by atoms with Gasteiger partial charge in [-0.25, -0.2) is 9.59 Å². The monoisotopic (exact) mass is 358 g/mol. The molecule has 0 saturated carbocycles. The predicted molar refractivity (Wildman–Crippen MR) is 33.0 cm³/mol. The molecule has 4 N–H and O–H groups in total. The zero-order chi connectivity index (χ0) is 8.31. The molecule has 0 heterocycles. The van der Waals surface area contributed by atoms with Crippen LogP contribution in [-0.4, -0.2) is 71.9 Å². The smallest absolute Gasteiger partial charge is 0.335 e. The Balaban J connectivity index is 0. The van der Waals surface area contributed by atoms with Crippen LogP contribution in [0, 0.1) is 0 Å². The summed E-state index contributed by atoms with van der Waals surface area (Å²) < 4.78 is 0. The van der Waals surface area contributed by atoms with Gasteiger partial charge in [-0.2, -0.15) is 0 Å². The molecule has 0 aliphatic heterocycles. The van der Waals surface area contributed by atoms with Crippen LogP contribution in [0.5, 0.6) is 0 Å². The second-order valence-corrected chi connectivity index (χ2v) is 1.57. The molecule has 62 valence electrons. The molecule has 0 rings (SSSR count). The van der Waals surface area contributed by atoms with Crippen LogP contribution in [0.3, 0.4) is 0 Å². The summed E-state index contributed by atoms with van der Waals surface area (Å²) in [5.74, 6) is -3.54. The summed E-state index contributed by atoms with van der Waals surface area (Å²) in [6, 6.07) is 0. The second kappa shape index (κ2) is 5.43. The van der Waals surface area contributed by atoms with E-state index >= 15 is 0 Å². The average molecular weight is 357 g/mol. The summed E-state index contributed by atoms with van der Waals surface area (Å²) in [5.41, 5.74) is 0. The molecule has 0 spiro atoms. The van der Waals surface area contributed by atoms with E-state index < -0.39 is 24.1 Å².